The molecule has 516 valence electrons. The van der Waals surface area contributed by atoms with Gasteiger partial charge in [0.25, 0.3) is 0 Å². The SMILES string of the molecule is CC(=O)NC1=Nc2ccc(C)cc2C(c2ccc(N(C)C)cc2)(c2ccc(N(C)C)cc2)S1.CC(=O)NC1=Nc2ccc(C)cc2C(c2ccc(N(C)C)cc2)(c2ccc(N(C)C)cc2)S1.CCC(=O)NC1=Nc2ccc(C)cc2C(c2ccc(N(C)C)cc2)(c2ccc(N(C)C)cc2)S1. The summed E-state index contributed by atoms with van der Waals surface area (Å²) in [5.41, 5.74) is 23.2. The molecule has 0 fully saturated rings. The highest BCUT2D eigenvalue weighted by atomic mass is 32.2. The topological polar surface area (TPSA) is 144 Å². The number of anilines is 6. The van der Waals surface area contributed by atoms with E-state index in [2.05, 4.69) is 254 Å². The molecule has 18 heteroatoms. The van der Waals surface area contributed by atoms with E-state index < -0.39 is 14.2 Å². The van der Waals surface area contributed by atoms with Crippen LogP contribution in [0.5, 0.6) is 0 Å². The molecule has 3 amide bonds. The van der Waals surface area contributed by atoms with Gasteiger partial charge in [-0.05, 0) is 145 Å². The van der Waals surface area contributed by atoms with Gasteiger partial charge in [-0.25, -0.2) is 15.0 Å². The lowest BCUT2D eigenvalue weighted by Crippen LogP contribution is -2.36. The zero-order valence-corrected chi connectivity index (χ0v) is 63.2. The van der Waals surface area contributed by atoms with Gasteiger partial charge in [0, 0.05) is 156 Å². The minimum absolute atomic E-state index is 0.0402. The van der Waals surface area contributed by atoms with Crippen LogP contribution in [0.25, 0.3) is 0 Å². The summed E-state index contributed by atoms with van der Waals surface area (Å²) < 4.78 is -1.68. The number of carbonyl (C=O) groups excluding carboxylic acids is 3. The van der Waals surface area contributed by atoms with Crippen molar-refractivity contribution in [3.05, 3.63) is 267 Å². The highest BCUT2D eigenvalue weighted by molar-refractivity contribution is 8.15. The lowest BCUT2D eigenvalue weighted by Gasteiger charge is -2.39. The van der Waals surface area contributed by atoms with Crippen molar-refractivity contribution in [2.45, 2.75) is 62.2 Å². The monoisotopic (exact) mass is 1390 g/mol. The minimum Gasteiger partial charge on any atom is -0.378 e. The van der Waals surface area contributed by atoms with E-state index in [1.807, 2.05) is 104 Å². The Morgan fingerprint density at radius 2 is 0.520 bits per heavy atom. The number of amides is 3. The number of benzene rings is 9. The molecule has 3 N–H and O–H groups in total. The third kappa shape index (κ3) is 15.5. The smallest absolute Gasteiger partial charge is 0.225 e. The van der Waals surface area contributed by atoms with Crippen molar-refractivity contribution in [1.82, 2.24) is 16.0 Å². The van der Waals surface area contributed by atoms with Crippen LogP contribution < -0.4 is 45.3 Å². The molecular weight excluding hydrogens is 1300 g/mol. The van der Waals surface area contributed by atoms with E-state index in [1.165, 1.54) is 30.5 Å². The Bertz CT molecular complexity index is 4180. The number of nitrogens with zero attached hydrogens (tertiary/aromatic N) is 9. The molecule has 100 heavy (non-hydrogen) atoms. The summed E-state index contributed by atoms with van der Waals surface area (Å²) in [6, 6.07) is 71.0. The predicted molar refractivity (Wildman–Crippen MR) is 428 cm³/mol. The second kappa shape index (κ2) is 30.8. The lowest BCUT2D eigenvalue weighted by atomic mass is 9.82. The second-order valence-electron chi connectivity index (χ2n) is 26.6. The van der Waals surface area contributed by atoms with Gasteiger partial charge < -0.3 is 45.3 Å². The molecule has 9 aromatic rings. The summed E-state index contributed by atoms with van der Waals surface area (Å²) in [7, 11) is 24.5. The first-order chi connectivity index (χ1) is 47.6. The first kappa shape index (κ1) is 73.0. The summed E-state index contributed by atoms with van der Waals surface area (Å²) >= 11 is 4.77. The van der Waals surface area contributed by atoms with Crippen LogP contribution in [0.4, 0.5) is 51.2 Å². The number of fused-ring (bicyclic) bond motifs is 3. The molecule has 0 saturated carbocycles. The fourth-order valence-electron chi connectivity index (χ4n) is 12.5. The van der Waals surface area contributed by atoms with Crippen LogP contribution in [0.2, 0.25) is 0 Å². The van der Waals surface area contributed by atoms with Crippen molar-refractivity contribution in [1.29, 1.82) is 0 Å². The normalized spacial score (nSPS) is 14.2. The van der Waals surface area contributed by atoms with Crippen LogP contribution in [-0.2, 0) is 28.6 Å². The molecule has 0 aliphatic carbocycles. The summed E-state index contributed by atoms with van der Waals surface area (Å²) in [4.78, 5) is 63.3. The third-order valence-electron chi connectivity index (χ3n) is 17.9. The van der Waals surface area contributed by atoms with E-state index in [0.717, 1.165) is 101 Å². The van der Waals surface area contributed by atoms with Crippen molar-refractivity contribution in [3.8, 4) is 0 Å². The van der Waals surface area contributed by atoms with E-state index in [9.17, 15) is 14.4 Å². The maximum absolute atomic E-state index is 12.4. The van der Waals surface area contributed by atoms with Gasteiger partial charge in [0.05, 0.1) is 17.1 Å². The molecule has 3 aliphatic rings. The van der Waals surface area contributed by atoms with Crippen molar-refractivity contribution in [3.63, 3.8) is 0 Å². The Morgan fingerprint density at radius 1 is 0.320 bits per heavy atom. The Kier molecular flexibility index (Phi) is 22.5. The lowest BCUT2D eigenvalue weighted by molar-refractivity contribution is -0.119. The molecule has 0 spiro atoms. The number of hydrogen-bond donors (Lipinski definition) is 3. The zero-order chi connectivity index (χ0) is 72.0. The largest absolute Gasteiger partial charge is 0.378 e. The molecule has 12 rings (SSSR count). The Morgan fingerprint density at radius 3 is 0.700 bits per heavy atom. The Labute approximate surface area is 604 Å². The summed E-state index contributed by atoms with van der Waals surface area (Å²) in [5.74, 6) is -0.296. The van der Waals surface area contributed by atoms with Crippen LogP contribution in [0.3, 0.4) is 0 Å². The van der Waals surface area contributed by atoms with Crippen LogP contribution in [0.15, 0.2) is 215 Å². The van der Waals surface area contributed by atoms with Crippen LogP contribution in [0, 0.1) is 20.8 Å². The Hall–Kier alpha value is -9.75. The summed E-state index contributed by atoms with van der Waals surface area (Å²) in [5, 5.41) is 10.8. The molecule has 0 radical (unpaired) electrons. The number of carbonyl (C=O) groups is 3. The number of thioether (sulfide) groups is 3. The number of aliphatic imine (C=N–C) groups is 3. The minimum atomic E-state index is -0.560. The van der Waals surface area contributed by atoms with E-state index in [-0.39, 0.29) is 17.7 Å². The van der Waals surface area contributed by atoms with Gasteiger partial charge in [-0.15, -0.1) is 0 Å². The fraction of sp³-hybridized carbons (Fsp3) is 0.268. The molecule has 0 saturated heterocycles. The molecule has 0 unspecified atom stereocenters. The molecule has 3 aliphatic heterocycles. The first-order valence-corrected chi connectivity index (χ1v) is 35.8. The number of rotatable bonds is 13. The second-order valence-corrected chi connectivity index (χ2v) is 30.2. The van der Waals surface area contributed by atoms with Gasteiger partial charge in [0.15, 0.2) is 15.5 Å². The summed E-state index contributed by atoms with van der Waals surface area (Å²) in [6.45, 7) is 11.2. The number of hydrogen-bond acceptors (Lipinski definition) is 15. The van der Waals surface area contributed by atoms with Gasteiger partial charge in [-0.1, -0.05) is 168 Å². The highest BCUT2D eigenvalue weighted by Crippen LogP contribution is 2.58. The number of nitrogens with one attached hydrogen (secondary N) is 3. The molecule has 15 nitrogen and oxygen atoms in total. The maximum Gasteiger partial charge on any atom is 0.225 e. The van der Waals surface area contributed by atoms with Crippen molar-refractivity contribution in [2.24, 2.45) is 15.0 Å². The third-order valence-corrected chi connectivity index (χ3v) is 22.0. The average Bonchev–Trinajstić information content (AvgIpc) is 0.741. The van der Waals surface area contributed by atoms with Crippen molar-refractivity contribution in [2.75, 3.05) is 114 Å². The molecule has 3 heterocycles. The summed E-state index contributed by atoms with van der Waals surface area (Å²) in [6.07, 6.45) is 0.405. The molecule has 0 aromatic heterocycles. The number of amidine groups is 3. The standard InChI is InChI=1S/C28H32N4OS.2C27H30N4OS/c1-7-26(33)30-27-29-25-17-8-19(2)18-24(25)28(34-27,20-9-13-22(14-10-20)31(3)4)21-11-15-23(16-12-21)32(5)6;2*1-18-7-16-25-24(17-18)27(33-26(29-25)28-19(2)32,20-8-12-22(13-9-20)30(3)4)21-10-14-23(15-11-21)31(5)6/h8-18H,7H2,1-6H3,(H,29,30,33);2*7-17H,1-6H3,(H,28,29,32). The van der Waals surface area contributed by atoms with Gasteiger partial charge >= 0.3 is 0 Å². The van der Waals surface area contributed by atoms with Gasteiger partial charge in [0.2, 0.25) is 17.7 Å². The maximum atomic E-state index is 12.4. The van der Waals surface area contributed by atoms with Gasteiger partial charge in [-0.2, -0.15) is 0 Å². The van der Waals surface area contributed by atoms with Crippen molar-refractivity contribution >= 4 is 120 Å². The quantitative estimate of drug-likeness (QED) is 0.101. The molecule has 0 atom stereocenters. The average molecular weight is 1390 g/mol. The van der Waals surface area contributed by atoms with Gasteiger partial charge in [-0.3, -0.25) is 14.4 Å². The molecule has 9 aromatic carbocycles. The van der Waals surface area contributed by atoms with Crippen LogP contribution in [-0.4, -0.2) is 118 Å². The molecular formula is C82H92N12O3S3. The van der Waals surface area contributed by atoms with E-state index in [0.29, 0.717) is 21.9 Å². The fourth-order valence-corrected chi connectivity index (χ4v) is 16.7. The van der Waals surface area contributed by atoms with Crippen LogP contribution >= 0.6 is 35.3 Å². The van der Waals surface area contributed by atoms with E-state index >= 15 is 0 Å². The van der Waals surface area contributed by atoms with Crippen LogP contribution in [0.1, 0.15) is 94.0 Å². The van der Waals surface area contributed by atoms with Crippen molar-refractivity contribution < 1.29 is 14.4 Å². The first-order valence-electron chi connectivity index (χ1n) is 33.3. The zero-order valence-electron chi connectivity index (χ0n) is 60.7. The van der Waals surface area contributed by atoms with E-state index in [1.54, 1.807) is 35.3 Å². The number of aryl methyl sites for hydroxylation is 3. The molecule has 0 bridgehead atoms. The highest BCUT2D eigenvalue weighted by Gasteiger charge is 2.47. The van der Waals surface area contributed by atoms with Gasteiger partial charge in [0.1, 0.15) is 14.2 Å². The Balaban J connectivity index is 0.000000162. The van der Waals surface area contributed by atoms with E-state index in [4.69, 9.17) is 15.0 Å². The predicted octanol–water partition coefficient (Wildman–Crippen LogP) is 16.3.